The molecule has 0 spiro atoms. The molecule has 10 heteroatoms. The van der Waals surface area contributed by atoms with Gasteiger partial charge in [-0.05, 0) is 17.2 Å². The van der Waals surface area contributed by atoms with Crippen LogP contribution in [-0.2, 0) is 32.0 Å². The lowest BCUT2D eigenvalue weighted by Crippen LogP contribution is -2.53. The van der Waals surface area contributed by atoms with Gasteiger partial charge in [0.25, 0.3) is 0 Å². The molecule has 2 rings (SSSR count). The first-order chi connectivity index (χ1) is 15.2. The second-order valence-corrected chi connectivity index (χ2v) is 6.99. The van der Waals surface area contributed by atoms with Gasteiger partial charge < -0.3 is 20.1 Å². The fourth-order valence-electron chi connectivity index (χ4n) is 3.15. The van der Waals surface area contributed by atoms with E-state index in [1.807, 2.05) is 30.3 Å². The Kier molecular flexibility index (Phi) is 8.70. The third kappa shape index (κ3) is 6.79. The number of nitro groups is 1. The number of carbonyl (C=O) groups excluding carboxylic acids is 3. The van der Waals surface area contributed by atoms with Crippen molar-refractivity contribution in [1.82, 2.24) is 10.6 Å². The van der Waals surface area contributed by atoms with Gasteiger partial charge in [-0.1, -0.05) is 36.4 Å². The lowest BCUT2D eigenvalue weighted by molar-refractivity contribution is -0.385. The Labute approximate surface area is 185 Å². The van der Waals surface area contributed by atoms with E-state index in [1.54, 1.807) is 6.07 Å². The van der Waals surface area contributed by atoms with Gasteiger partial charge in [0.05, 0.1) is 19.1 Å². The van der Waals surface area contributed by atoms with Crippen LogP contribution >= 0.6 is 0 Å². The van der Waals surface area contributed by atoms with Gasteiger partial charge in [0.15, 0.2) is 5.75 Å². The number of hydrogen-bond donors (Lipinski definition) is 2. The standard InChI is InChI=1S/C22H25N3O7/c1-14(26)23-17(11-15-7-5-4-6-8-15)21(27)24-18(22(28)32-3)12-16-9-10-20(31-2)19(13-16)25(29)30/h4-10,13,17-18H,11-12H2,1-3H3,(H,23,26)(H,24,27)/t17-,18+/m1/s1. The van der Waals surface area contributed by atoms with E-state index in [1.165, 1.54) is 33.3 Å². The van der Waals surface area contributed by atoms with E-state index in [0.717, 1.165) is 5.56 Å². The second kappa shape index (κ2) is 11.4. The van der Waals surface area contributed by atoms with Crippen LogP contribution in [0.2, 0.25) is 0 Å². The van der Waals surface area contributed by atoms with E-state index in [4.69, 9.17) is 9.47 Å². The minimum absolute atomic E-state index is 0.0542. The zero-order valence-electron chi connectivity index (χ0n) is 18.0. The Morgan fingerprint density at radius 2 is 1.62 bits per heavy atom. The summed E-state index contributed by atoms with van der Waals surface area (Å²) in [6.07, 6.45) is 0.162. The van der Waals surface area contributed by atoms with Gasteiger partial charge in [0.1, 0.15) is 12.1 Å². The molecule has 0 unspecified atom stereocenters. The first kappa shape index (κ1) is 24.3. The van der Waals surface area contributed by atoms with Crippen molar-refractivity contribution in [2.45, 2.75) is 31.8 Å². The Morgan fingerprint density at radius 3 is 2.19 bits per heavy atom. The van der Waals surface area contributed by atoms with Crippen LogP contribution in [0.3, 0.4) is 0 Å². The number of ether oxygens (including phenoxy) is 2. The molecule has 0 fully saturated rings. The van der Waals surface area contributed by atoms with Crippen molar-refractivity contribution in [3.63, 3.8) is 0 Å². The maximum absolute atomic E-state index is 12.9. The molecule has 10 nitrogen and oxygen atoms in total. The number of esters is 1. The maximum Gasteiger partial charge on any atom is 0.328 e. The number of nitro benzene ring substituents is 1. The summed E-state index contributed by atoms with van der Waals surface area (Å²) in [6.45, 7) is 1.29. The number of nitrogens with zero attached hydrogens (tertiary/aromatic N) is 1. The monoisotopic (exact) mass is 443 g/mol. The zero-order chi connectivity index (χ0) is 23.7. The lowest BCUT2D eigenvalue weighted by Gasteiger charge is -2.22. The molecule has 0 aliphatic carbocycles. The van der Waals surface area contributed by atoms with Gasteiger partial charge in [-0.3, -0.25) is 19.7 Å². The molecule has 2 N–H and O–H groups in total. The molecule has 0 radical (unpaired) electrons. The summed E-state index contributed by atoms with van der Waals surface area (Å²) in [5.41, 5.74) is 0.981. The molecule has 0 aromatic heterocycles. The third-order valence-electron chi connectivity index (χ3n) is 4.66. The highest BCUT2D eigenvalue weighted by atomic mass is 16.6. The Balaban J connectivity index is 2.23. The molecular weight excluding hydrogens is 418 g/mol. The third-order valence-corrected chi connectivity index (χ3v) is 4.66. The predicted octanol–water partition coefficient (Wildman–Crippen LogP) is 1.55. The maximum atomic E-state index is 12.9. The molecule has 170 valence electrons. The van der Waals surface area contributed by atoms with Crippen molar-refractivity contribution in [3.05, 3.63) is 69.8 Å². The van der Waals surface area contributed by atoms with E-state index in [-0.39, 0.29) is 24.3 Å². The first-order valence-corrected chi connectivity index (χ1v) is 9.75. The molecule has 2 aromatic rings. The van der Waals surface area contributed by atoms with E-state index < -0.39 is 34.8 Å². The molecule has 2 aromatic carbocycles. The van der Waals surface area contributed by atoms with Crippen molar-refractivity contribution in [1.29, 1.82) is 0 Å². The molecule has 0 saturated heterocycles. The highest BCUT2D eigenvalue weighted by Crippen LogP contribution is 2.28. The van der Waals surface area contributed by atoms with Crippen molar-refractivity contribution < 1.29 is 28.8 Å². The Bertz CT molecular complexity index is 979. The number of hydrogen-bond acceptors (Lipinski definition) is 7. The highest BCUT2D eigenvalue weighted by Gasteiger charge is 2.28. The Hall–Kier alpha value is -3.95. The minimum atomic E-state index is -1.12. The number of nitrogens with one attached hydrogen (secondary N) is 2. The second-order valence-electron chi connectivity index (χ2n) is 6.99. The van der Waals surface area contributed by atoms with Crippen molar-refractivity contribution in [3.8, 4) is 5.75 Å². The molecular formula is C22H25N3O7. The van der Waals surface area contributed by atoms with Crippen LogP contribution in [0.25, 0.3) is 0 Å². The fourth-order valence-corrected chi connectivity index (χ4v) is 3.15. The van der Waals surface area contributed by atoms with E-state index in [9.17, 15) is 24.5 Å². The van der Waals surface area contributed by atoms with Gasteiger partial charge in [-0.2, -0.15) is 0 Å². The van der Waals surface area contributed by atoms with Crippen molar-refractivity contribution in [2.75, 3.05) is 14.2 Å². The van der Waals surface area contributed by atoms with Crippen LogP contribution in [-0.4, -0.2) is 49.0 Å². The zero-order valence-corrected chi connectivity index (χ0v) is 18.0. The van der Waals surface area contributed by atoms with E-state index in [0.29, 0.717) is 5.56 Å². The molecule has 32 heavy (non-hydrogen) atoms. The summed E-state index contributed by atoms with van der Waals surface area (Å²) in [7, 11) is 2.49. The Morgan fingerprint density at radius 1 is 0.969 bits per heavy atom. The number of methoxy groups -OCH3 is 2. The van der Waals surface area contributed by atoms with Crippen LogP contribution < -0.4 is 15.4 Å². The van der Waals surface area contributed by atoms with E-state index >= 15 is 0 Å². The average Bonchev–Trinajstić information content (AvgIpc) is 2.77. The van der Waals surface area contributed by atoms with Gasteiger partial charge in [-0.25, -0.2) is 4.79 Å². The largest absolute Gasteiger partial charge is 0.490 e. The molecule has 0 saturated carbocycles. The molecule has 0 aliphatic rings. The van der Waals surface area contributed by atoms with Gasteiger partial charge >= 0.3 is 11.7 Å². The van der Waals surface area contributed by atoms with Crippen molar-refractivity contribution in [2.24, 2.45) is 0 Å². The minimum Gasteiger partial charge on any atom is -0.490 e. The van der Waals surface area contributed by atoms with Gasteiger partial charge in [0, 0.05) is 25.8 Å². The smallest absolute Gasteiger partial charge is 0.328 e. The molecule has 0 aliphatic heterocycles. The predicted molar refractivity (Wildman–Crippen MR) is 115 cm³/mol. The lowest BCUT2D eigenvalue weighted by atomic mass is 10.0. The van der Waals surface area contributed by atoms with Gasteiger partial charge in [0.2, 0.25) is 11.8 Å². The summed E-state index contributed by atoms with van der Waals surface area (Å²) in [5, 5.41) is 16.5. The summed E-state index contributed by atoms with van der Waals surface area (Å²) in [4.78, 5) is 47.5. The van der Waals surface area contributed by atoms with Crippen LogP contribution in [0.5, 0.6) is 5.75 Å². The van der Waals surface area contributed by atoms with Crippen LogP contribution in [0.1, 0.15) is 18.1 Å². The highest BCUT2D eigenvalue weighted by molar-refractivity contribution is 5.90. The van der Waals surface area contributed by atoms with Crippen LogP contribution in [0.15, 0.2) is 48.5 Å². The summed E-state index contributed by atoms with van der Waals surface area (Å²) >= 11 is 0. The SMILES string of the molecule is COC(=O)[C@H](Cc1ccc(OC)c([N+](=O)[O-])c1)NC(=O)[C@@H](Cc1ccccc1)NC(C)=O. The number of rotatable bonds is 10. The number of benzene rings is 2. The average molecular weight is 443 g/mol. The number of carbonyl (C=O) groups is 3. The topological polar surface area (TPSA) is 137 Å². The van der Waals surface area contributed by atoms with Crippen LogP contribution in [0, 0.1) is 10.1 Å². The van der Waals surface area contributed by atoms with Crippen molar-refractivity contribution >= 4 is 23.5 Å². The summed E-state index contributed by atoms with van der Waals surface area (Å²) in [5.74, 6) is -1.63. The quantitative estimate of drug-likeness (QED) is 0.323. The van der Waals surface area contributed by atoms with E-state index in [2.05, 4.69) is 10.6 Å². The molecule has 0 heterocycles. The normalized spacial score (nSPS) is 12.2. The molecule has 2 atom stereocenters. The fraction of sp³-hybridized carbons (Fsp3) is 0.318. The molecule has 0 bridgehead atoms. The summed E-state index contributed by atoms with van der Waals surface area (Å²) < 4.78 is 9.77. The van der Waals surface area contributed by atoms with Gasteiger partial charge in [-0.15, -0.1) is 0 Å². The molecule has 2 amide bonds. The van der Waals surface area contributed by atoms with Crippen LogP contribution in [0.4, 0.5) is 5.69 Å². The first-order valence-electron chi connectivity index (χ1n) is 9.75. The summed E-state index contributed by atoms with van der Waals surface area (Å²) in [6, 6.07) is 11.3. The number of amides is 2.